The van der Waals surface area contributed by atoms with Crippen molar-refractivity contribution in [2.24, 2.45) is 0 Å². The molecule has 0 saturated carbocycles. The topological polar surface area (TPSA) is 50.3 Å². The number of carbonyl (C=O) groups excluding carboxylic acids is 2. The van der Waals surface area contributed by atoms with Gasteiger partial charge in [0.25, 0.3) is 5.24 Å². The van der Waals surface area contributed by atoms with Crippen molar-refractivity contribution in [2.45, 2.75) is 6.54 Å². The Kier molecular flexibility index (Phi) is 4.17. The van der Waals surface area contributed by atoms with Crippen LogP contribution in [0, 0.1) is 0 Å². The van der Waals surface area contributed by atoms with E-state index in [0.29, 0.717) is 0 Å². The molecule has 2 aromatic heterocycles. The van der Waals surface area contributed by atoms with E-state index in [1.807, 2.05) is 24.3 Å². The molecule has 8 rings (SSSR count). The molecular formula is C29H18N2O2S. The summed E-state index contributed by atoms with van der Waals surface area (Å²) >= 11 is 1.07. The molecule has 1 fully saturated rings. The molecule has 1 saturated heterocycles. The third-order valence-corrected chi connectivity index (χ3v) is 7.59. The molecule has 2 amide bonds. The highest BCUT2D eigenvalue weighted by atomic mass is 32.2. The molecule has 3 heterocycles. The smallest absolute Gasteiger partial charge is 0.273 e. The second-order valence-electron chi connectivity index (χ2n) is 8.70. The van der Waals surface area contributed by atoms with E-state index in [0.717, 1.165) is 50.6 Å². The van der Waals surface area contributed by atoms with E-state index in [4.69, 9.17) is 4.98 Å². The lowest BCUT2D eigenvalue weighted by atomic mass is 9.89. The first-order valence-electron chi connectivity index (χ1n) is 11.2. The standard InChI is InChI=1S/C29H18N2O2S/c32-26-16-34-29(33)31(26)15-17-9-11-20(18-5-2-1-3-6-18)24(13-17)19-10-12-21-25(14-19)30-28-22-7-4-8-23(28)27(21)22/h1-14H,15-16H2. The second-order valence-corrected chi connectivity index (χ2v) is 9.63. The molecule has 1 aliphatic rings. The van der Waals surface area contributed by atoms with E-state index in [-0.39, 0.29) is 23.4 Å². The first-order valence-corrected chi connectivity index (χ1v) is 12.2. The number of hydrogen-bond acceptors (Lipinski definition) is 4. The zero-order valence-electron chi connectivity index (χ0n) is 18.1. The molecule has 0 N–H and O–H groups in total. The molecule has 0 unspecified atom stereocenters. The normalized spacial score (nSPS) is 14.4. The minimum absolute atomic E-state index is 0.129. The van der Waals surface area contributed by atoms with Crippen molar-refractivity contribution in [3.8, 4) is 22.3 Å². The Morgan fingerprint density at radius 2 is 1.59 bits per heavy atom. The van der Waals surface area contributed by atoms with Crippen molar-refractivity contribution >= 4 is 55.5 Å². The number of hydrogen-bond donors (Lipinski definition) is 0. The fourth-order valence-electron chi connectivity index (χ4n) is 5.08. The van der Waals surface area contributed by atoms with Crippen LogP contribution in [0.4, 0.5) is 4.79 Å². The second kappa shape index (κ2) is 7.27. The van der Waals surface area contributed by atoms with Crippen molar-refractivity contribution in [1.29, 1.82) is 0 Å². The third kappa shape index (κ3) is 2.83. The highest BCUT2D eigenvalue weighted by molar-refractivity contribution is 8.14. The third-order valence-electron chi connectivity index (χ3n) is 6.74. The summed E-state index contributed by atoms with van der Waals surface area (Å²) in [4.78, 5) is 30.6. The SMILES string of the molecule is O=C1CSC(=O)N1Cc1ccc(-c2ccccc2)c(-c2ccc3c(c2)nc2c4cccc-2c43)c1. The van der Waals surface area contributed by atoms with Crippen molar-refractivity contribution in [1.82, 2.24) is 9.88 Å². The van der Waals surface area contributed by atoms with E-state index < -0.39 is 0 Å². The number of rotatable bonds is 4. The molecule has 0 atom stereocenters. The van der Waals surface area contributed by atoms with E-state index >= 15 is 0 Å². The average Bonchev–Trinajstić information content (AvgIpc) is 3.21. The van der Waals surface area contributed by atoms with E-state index in [9.17, 15) is 9.59 Å². The number of aromatic nitrogens is 1. The number of carbonyl (C=O) groups is 2. The van der Waals surface area contributed by atoms with Gasteiger partial charge >= 0.3 is 0 Å². The molecule has 5 heteroatoms. The molecule has 34 heavy (non-hydrogen) atoms. The summed E-state index contributed by atoms with van der Waals surface area (Å²) in [5.41, 5.74) is 7.37. The van der Waals surface area contributed by atoms with Crippen LogP contribution < -0.4 is 0 Å². The number of pyridine rings is 2. The van der Waals surface area contributed by atoms with Crippen LogP contribution in [-0.2, 0) is 11.3 Å². The number of benzene rings is 5. The van der Waals surface area contributed by atoms with Crippen molar-refractivity contribution in [2.75, 3.05) is 5.75 Å². The van der Waals surface area contributed by atoms with E-state index in [1.165, 1.54) is 26.4 Å². The minimum atomic E-state index is -0.175. The molecule has 7 aromatic rings. The number of nitrogens with zero attached hydrogens (tertiary/aromatic N) is 2. The van der Waals surface area contributed by atoms with Gasteiger partial charge in [0.05, 0.1) is 23.3 Å². The summed E-state index contributed by atoms with van der Waals surface area (Å²) in [5.74, 6) is 0.0959. The van der Waals surface area contributed by atoms with Crippen LogP contribution in [0.3, 0.4) is 0 Å². The summed E-state index contributed by atoms with van der Waals surface area (Å²) in [5, 5.41) is 4.78. The maximum absolute atomic E-state index is 12.2. The molecule has 1 aliphatic heterocycles. The molecule has 0 spiro atoms. The van der Waals surface area contributed by atoms with Gasteiger partial charge in [-0.05, 0) is 39.9 Å². The fourth-order valence-corrected chi connectivity index (χ4v) is 5.80. The number of imide groups is 1. The average molecular weight is 459 g/mol. The largest absolute Gasteiger partial charge is 0.289 e. The molecule has 4 bridgehead atoms. The van der Waals surface area contributed by atoms with Crippen molar-refractivity contribution in [3.05, 3.63) is 90.5 Å². The van der Waals surface area contributed by atoms with Crippen LogP contribution in [0.2, 0.25) is 0 Å². The van der Waals surface area contributed by atoms with Gasteiger partial charge in [0.15, 0.2) is 0 Å². The van der Waals surface area contributed by atoms with Gasteiger partial charge in [0, 0.05) is 21.5 Å². The summed E-state index contributed by atoms with van der Waals surface area (Å²) in [6, 6.07) is 29.3. The fraction of sp³-hybridized carbons (Fsp3) is 0.0690. The van der Waals surface area contributed by atoms with Gasteiger partial charge < -0.3 is 0 Å². The van der Waals surface area contributed by atoms with Crippen LogP contribution in [0.25, 0.3) is 54.8 Å². The molecule has 4 nitrogen and oxygen atoms in total. The van der Waals surface area contributed by atoms with E-state index in [2.05, 4.69) is 60.7 Å². The van der Waals surface area contributed by atoms with E-state index in [1.54, 1.807) is 0 Å². The predicted octanol–water partition coefficient (Wildman–Crippen LogP) is 6.95. The Balaban J connectivity index is 1.38. The Bertz CT molecular complexity index is 1680. The van der Waals surface area contributed by atoms with Crippen LogP contribution in [0.15, 0.2) is 84.9 Å². The van der Waals surface area contributed by atoms with Gasteiger partial charge in [0.2, 0.25) is 5.91 Å². The molecular weight excluding hydrogens is 440 g/mol. The highest BCUT2D eigenvalue weighted by Crippen LogP contribution is 2.42. The van der Waals surface area contributed by atoms with Crippen molar-refractivity contribution < 1.29 is 9.59 Å². The Labute approximate surface area is 199 Å². The quantitative estimate of drug-likeness (QED) is 0.212. The lowest BCUT2D eigenvalue weighted by Gasteiger charge is -2.18. The molecule has 162 valence electrons. The Morgan fingerprint density at radius 1 is 0.765 bits per heavy atom. The summed E-state index contributed by atoms with van der Waals surface area (Å²) in [7, 11) is 0. The molecule has 5 aromatic carbocycles. The zero-order chi connectivity index (χ0) is 22.8. The van der Waals surface area contributed by atoms with Gasteiger partial charge in [-0.25, -0.2) is 4.98 Å². The van der Waals surface area contributed by atoms with Gasteiger partial charge in [-0.1, -0.05) is 84.6 Å². The van der Waals surface area contributed by atoms with Crippen LogP contribution in [0.1, 0.15) is 5.56 Å². The maximum atomic E-state index is 12.2. The number of thioether (sulfide) groups is 1. The minimum Gasteiger partial charge on any atom is -0.273 e. The first-order chi connectivity index (χ1) is 16.7. The number of para-hydroxylation sites is 1. The molecule has 0 aliphatic carbocycles. The summed E-state index contributed by atoms with van der Waals surface area (Å²) < 4.78 is 0. The van der Waals surface area contributed by atoms with Crippen LogP contribution in [-0.4, -0.2) is 26.8 Å². The summed E-state index contributed by atoms with van der Waals surface area (Å²) in [6.45, 7) is 0.288. The summed E-state index contributed by atoms with van der Waals surface area (Å²) in [6.07, 6.45) is 0. The maximum Gasteiger partial charge on any atom is 0.289 e. The Morgan fingerprint density at radius 3 is 2.35 bits per heavy atom. The zero-order valence-corrected chi connectivity index (χ0v) is 18.9. The van der Waals surface area contributed by atoms with Gasteiger partial charge in [-0.15, -0.1) is 0 Å². The molecule has 0 radical (unpaired) electrons. The first kappa shape index (κ1) is 19.5. The lowest BCUT2D eigenvalue weighted by molar-refractivity contribution is -0.125. The van der Waals surface area contributed by atoms with Crippen LogP contribution in [0.5, 0.6) is 0 Å². The van der Waals surface area contributed by atoms with Crippen molar-refractivity contribution in [3.63, 3.8) is 0 Å². The monoisotopic (exact) mass is 458 g/mol. The van der Waals surface area contributed by atoms with Gasteiger partial charge in [-0.3, -0.25) is 14.5 Å². The van der Waals surface area contributed by atoms with Gasteiger partial charge in [0.1, 0.15) is 0 Å². The predicted molar refractivity (Wildman–Crippen MR) is 138 cm³/mol. The number of amides is 2. The van der Waals surface area contributed by atoms with Crippen LogP contribution >= 0.6 is 11.8 Å². The highest BCUT2D eigenvalue weighted by Gasteiger charge is 2.30. The van der Waals surface area contributed by atoms with Gasteiger partial charge in [-0.2, -0.15) is 0 Å². The lowest BCUT2D eigenvalue weighted by Crippen LogP contribution is -2.27. The Hall–Kier alpha value is -3.96.